The number of anilines is 9. The van der Waals surface area contributed by atoms with E-state index in [9.17, 15) is 0 Å². The Labute approximate surface area is 738 Å². The van der Waals surface area contributed by atoms with E-state index >= 15 is 0 Å². The van der Waals surface area contributed by atoms with Gasteiger partial charge in [-0.1, -0.05) is 229 Å². The molecule has 0 saturated carbocycles. The fourth-order valence-corrected chi connectivity index (χ4v) is 18.6. The van der Waals surface area contributed by atoms with Crippen molar-refractivity contribution in [1.82, 2.24) is 27.4 Å². The number of fused-ring (bicyclic) bond motifs is 12. The maximum Gasteiger partial charge on any atom is 0.0562 e. The quantitative estimate of drug-likeness (QED) is 0.103. The van der Waals surface area contributed by atoms with Gasteiger partial charge in [0.1, 0.15) is 0 Å². The third-order valence-electron chi connectivity index (χ3n) is 24.8. The van der Waals surface area contributed by atoms with E-state index in [1.807, 2.05) is 0 Å². The van der Waals surface area contributed by atoms with Crippen molar-refractivity contribution in [3.8, 4) is 34.1 Å². The van der Waals surface area contributed by atoms with Gasteiger partial charge in [-0.2, -0.15) is 0 Å². The highest BCUT2D eigenvalue weighted by Gasteiger charge is 2.24. The molecular weight excluding hydrogens is 1540 g/mol. The Bertz CT molecular complexity index is 7990. The Balaban J connectivity index is 0.000000113. The molecule has 0 bridgehead atoms. The Morgan fingerprint density at radius 1 is 0.150 bits per heavy atom. The number of benzene rings is 18. The number of nitrogens with zero attached hydrogens (tertiary/aromatic N) is 9. The summed E-state index contributed by atoms with van der Waals surface area (Å²) in [4.78, 5) is 6.98. The summed E-state index contributed by atoms with van der Waals surface area (Å²) in [6, 6.07) is 162. The van der Waals surface area contributed by atoms with Crippen molar-refractivity contribution in [3.63, 3.8) is 0 Å². The van der Waals surface area contributed by atoms with Crippen molar-refractivity contribution in [2.24, 2.45) is 0 Å². The maximum absolute atomic E-state index is 2.42. The molecule has 606 valence electrons. The fraction of sp³-hybridized carbons (Fsp3) is 0.0339. The van der Waals surface area contributed by atoms with Gasteiger partial charge in [0.25, 0.3) is 0 Å². The zero-order chi connectivity index (χ0) is 85.0. The van der Waals surface area contributed by atoms with E-state index in [0.29, 0.717) is 0 Å². The van der Waals surface area contributed by atoms with Crippen molar-refractivity contribution < 1.29 is 0 Å². The number of rotatable bonds is 15. The van der Waals surface area contributed by atoms with Crippen LogP contribution < -0.4 is 14.7 Å². The van der Waals surface area contributed by atoms with Crippen LogP contribution in [0.25, 0.3) is 132 Å². The predicted octanol–water partition coefficient (Wildman–Crippen LogP) is 31.8. The number of hydrogen-bond donors (Lipinski definition) is 0. The normalized spacial score (nSPS) is 11.5. The smallest absolute Gasteiger partial charge is 0.0562 e. The maximum atomic E-state index is 2.42. The molecule has 0 fully saturated rings. The first-order chi connectivity index (χ1) is 62.6. The zero-order valence-electron chi connectivity index (χ0n) is 71.0. The Morgan fingerprint density at radius 2 is 0.386 bits per heavy atom. The standard InChI is InChI=1S/2C40H31N3.C38H27N3/c1-28-15-19-32(20-16-28)42(33-21-17-29(2)18-22-33)34-11-8-12-35(26-34)43-38-14-7-6-13-36(38)37-25-30-23-24-41(39(30)27-40(37)43)31-9-4-3-5-10-31;1-28-12-16-32(17-13-28)42(33-18-14-29(2)15-19-33)34-20-22-35(23-21-34)43-38-11-7-6-10-36(38)37-26-30-24-25-41(39(30)27-40(37)43)31-8-4-3-5-9-31;1-4-13-29(14-5-1)39-24-23-28-25-35-34-21-10-11-22-36(34)41(38(35)27-37(28)39)33-20-12-19-32(26-33)40(30-15-6-2-7-16-30)31-17-8-3-9-18-31/h2*3-27H,1-2H3;1-27H. The number of aryl methyl sites for hydroxylation is 4. The topological polar surface area (TPSA) is 39.3 Å². The van der Waals surface area contributed by atoms with Crippen LogP contribution in [0.5, 0.6) is 0 Å². The van der Waals surface area contributed by atoms with E-state index in [0.717, 1.165) is 85.3 Å². The molecule has 0 aliphatic heterocycles. The second kappa shape index (κ2) is 32.6. The predicted molar refractivity (Wildman–Crippen MR) is 536 cm³/mol. The van der Waals surface area contributed by atoms with E-state index in [1.54, 1.807) is 0 Å². The first-order valence-corrected chi connectivity index (χ1v) is 43.5. The van der Waals surface area contributed by atoms with Crippen LogP contribution in [0.2, 0.25) is 0 Å². The molecule has 0 aliphatic rings. The third kappa shape index (κ3) is 14.3. The van der Waals surface area contributed by atoms with Gasteiger partial charge in [0.2, 0.25) is 0 Å². The van der Waals surface area contributed by atoms with Gasteiger partial charge < -0.3 is 42.1 Å². The lowest BCUT2D eigenvalue weighted by Crippen LogP contribution is -2.10. The molecule has 0 aliphatic carbocycles. The van der Waals surface area contributed by atoms with Crippen molar-refractivity contribution in [2.45, 2.75) is 27.7 Å². The van der Waals surface area contributed by atoms with Crippen LogP contribution in [0.1, 0.15) is 22.3 Å². The van der Waals surface area contributed by atoms with E-state index in [1.165, 1.54) is 120 Å². The molecule has 24 rings (SSSR count). The minimum Gasteiger partial charge on any atom is -0.316 e. The monoisotopic (exact) mass is 1630 g/mol. The zero-order valence-corrected chi connectivity index (χ0v) is 71.0. The Morgan fingerprint density at radius 3 is 0.693 bits per heavy atom. The highest BCUT2D eigenvalue weighted by atomic mass is 15.2. The highest BCUT2D eigenvalue weighted by Crippen LogP contribution is 2.45. The van der Waals surface area contributed by atoms with Gasteiger partial charge in [-0.25, -0.2) is 0 Å². The van der Waals surface area contributed by atoms with Crippen LogP contribution in [-0.2, 0) is 0 Å². The van der Waals surface area contributed by atoms with Gasteiger partial charge >= 0.3 is 0 Å². The molecular formula is C118H89N9. The average Bonchev–Trinajstić information content (AvgIpc) is 1.58. The van der Waals surface area contributed by atoms with Crippen molar-refractivity contribution >= 4 is 149 Å². The van der Waals surface area contributed by atoms with Crippen LogP contribution >= 0.6 is 0 Å². The SMILES string of the molecule is Cc1ccc(N(c2ccc(C)cc2)c2ccc(-n3c4ccccc4c4cc5ccn(-c6ccccc6)c5cc43)cc2)cc1.Cc1ccc(N(c2ccc(C)cc2)c2cccc(-n3c4ccccc4c4cc5ccn(-c6ccccc6)c5cc43)c2)cc1.c1ccc(N(c2ccccc2)c2cccc(-n3c4ccccc4c4cc5ccn(-c6ccccc6)c5cc43)c2)cc1. The second-order valence-electron chi connectivity index (χ2n) is 33.0. The highest BCUT2D eigenvalue weighted by molar-refractivity contribution is 6.16. The Hall–Kier alpha value is -16.6. The minimum atomic E-state index is 1.11. The summed E-state index contributed by atoms with van der Waals surface area (Å²) >= 11 is 0. The summed E-state index contributed by atoms with van der Waals surface area (Å²) in [5.41, 5.74) is 32.8. The molecule has 0 spiro atoms. The molecule has 9 nitrogen and oxygen atoms in total. The molecule has 6 heterocycles. The van der Waals surface area contributed by atoms with E-state index in [2.05, 4.69) is 537 Å². The van der Waals surface area contributed by atoms with Gasteiger partial charge in [0, 0.05) is 152 Å². The van der Waals surface area contributed by atoms with E-state index in [4.69, 9.17) is 0 Å². The Kier molecular flexibility index (Phi) is 19.7. The lowest BCUT2D eigenvalue weighted by molar-refractivity contribution is 1.12. The first-order valence-electron chi connectivity index (χ1n) is 43.5. The molecule has 0 radical (unpaired) electrons. The first kappa shape index (κ1) is 76.5. The van der Waals surface area contributed by atoms with Crippen LogP contribution in [0, 0.1) is 27.7 Å². The summed E-state index contributed by atoms with van der Waals surface area (Å²) < 4.78 is 14.1. The molecule has 0 atom stereocenters. The second-order valence-corrected chi connectivity index (χ2v) is 33.0. The molecule has 0 amide bonds. The molecule has 6 aromatic heterocycles. The van der Waals surface area contributed by atoms with E-state index in [-0.39, 0.29) is 0 Å². The number of para-hydroxylation sites is 8. The van der Waals surface area contributed by atoms with Gasteiger partial charge in [0.15, 0.2) is 0 Å². The molecule has 0 N–H and O–H groups in total. The summed E-state index contributed by atoms with van der Waals surface area (Å²) in [6.45, 7) is 8.53. The van der Waals surface area contributed by atoms with Crippen LogP contribution in [0.4, 0.5) is 51.2 Å². The fourth-order valence-electron chi connectivity index (χ4n) is 18.6. The average molecular weight is 1630 g/mol. The molecule has 24 aromatic rings. The number of aromatic nitrogens is 6. The molecule has 127 heavy (non-hydrogen) atoms. The largest absolute Gasteiger partial charge is 0.316 e. The summed E-state index contributed by atoms with van der Waals surface area (Å²) in [6.07, 6.45) is 6.52. The molecule has 0 saturated heterocycles. The van der Waals surface area contributed by atoms with Crippen molar-refractivity contribution in [1.29, 1.82) is 0 Å². The minimum absolute atomic E-state index is 1.11. The van der Waals surface area contributed by atoms with Gasteiger partial charge in [-0.3, -0.25) is 0 Å². The van der Waals surface area contributed by atoms with Gasteiger partial charge in [0.05, 0.1) is 49.7 Å². The summed E-state index contributed by atoms with van der Waals surface area (Å²) in [5.74, 6) is 0. The molecule has 9 heteroatoms. The summed E-state index contributed by atoms with van der Waals surface area (Å²) in [7, 11) is 0. The van der Waals surface area contributed by atoms with E-state index < -0.39 is 0 Å². The van der Waals surface area contributed by atoms with Crippen LogP contribution in [0.3, 0.4) is 0 Å². The molecule has 18 aromatic carbocycles. The van der Waals surface area contributed by atoms with Crippen molar-refractivity contribution in [3.05, 3.63) is 490 Å². The van der Waals surface area contributed by atoms with Crippen LogP contribution in [0.15, 0.2) is 468 Å². The lowest BCUT2D eigenvalue weighted by atomic mass is 10.1. The number of hydrogen-bond acceptors (Lipinski definition) is 3. The van der Waals surface area contributed by atoms with Gasteiger partial charge in [-0.15, -0.1) is 0 Å². The third-order valence-corrected chi connectivity index (χ3v) is 24.8. The molecule has 0 unspecified atom stereocenters. The van der Waals surface area contributed by atoms with Crippen molar-refractivity contribution in [2.75, 3.05) is 14.7 Å². The van der Waals surface area contributed by atoms with Crippen LogP contribution in [-0.4, -0.2) is 27.4 Å². The lowest BCUT2D eigenvalue weighted by Gasteiger charge is -2.26. The summed E-state index contributed by atoms with van der Waals surface area (Å²) in [5, 5.41) is 11.3. The van der Waals surface area contributed by atoms with Gasteiger partial charge in [-0.05, 0) is 270 Å².